The first kappa shape index (κ1) is 21.9. The molecule has 0 amide bonds. The zero-order valence-electron chi connectivity index (χ0n) is 17.5. The Bertz CT molecular complexity index is 596. The van der Waals surface area contributed by atoms with E-state index in [1.807, 2.05) is 0 Å². The van der Waals surface area contributed by atoms with E-state index in [0.29, 0.717) is 13.2 Å². The number of hydrogen-bond donors (Lipinski definition) is 2. The number of rotatable bonds is 4. The van der Waals surface area contributed by atoms with Gasteiger partial charge in [0.2, 0.25) is 0 Å². The van der Waals surface area contributed by atoms with E-state index in [2.05, 4.69) is 60.7 Å². The molecular formula is C24H36N2O3+2. The molecule has 158 valence electrons. The highest BCUT2D eigenvalue weighted by Crippen LogP contribution is 1.96. The lowest BCUT2D eigenvalue weighted by Gasteiger charge is -2.21. The number of benzene rings is 2. The van der Waals surface area contributed by atoms with Crippen molar-refractivity contribution in [1.29, 1.82) is 0 Å². The summed E-state index contributed by atoms with van der Waals surface area (Å²) in [4.78, 5) is 3.00. The summed E-state index contributed by atoms with van der Waals surface area (Å²) in [6.45, 7) is 10.4. The summed E-state index contributed by atoms with van der Waals surface area (Å²) in [5.74, 6) is 0. The van der Waals surface area contributed by atoms with E-state index >= 15 is 0 Å². The first-order valence-corrected chi connectivity index (χ1v) is 10.9. The van der Waals surface area contributed by atoms with Crippen molar-refractivity contribution >= 4 is 0 Å². The van der Waals surface area contributed by atoms with Crippen molar-refractivity contribution in [1.82, 2.24) is 0 Å². The van der Waals surface area contributed by atoms with Crippen molar-refractivity contribution in [3.63, 3.8) is 0 Å². The van der Waals surface area contributed by atoms with Gasteiger partial charge in [-0.15, -0.1) is 0 Å². The Morgan fingerprint density at radius 2 is 0.828 bits per heavy atom. The van der Waals surface area contributed by atoms with Crippen molar-refractivity contribution in [2.24, 2.45) is 0 Å². The smallest absolute Gasteiger partial charge is 0.103 e. The van der Waals surface area contributed by atoms with Crippen LogP contribution in [-0.4, -0.2) is 65.8 Å². The molecule has 0 spiro atoms. The van der Waals surface area contributed by atoms with Crippen LogP contribution in [0.3, 0.4) is 0 Å². The molecule has 2 atom stereocenters. The average molecular weight is 401 g/mol. The fraction of sp³-hybridized carbons (Fsp3) is 0.500. The zero-order chi connectivity index (χ0) is 20.0. The van der Waals surface area contributed by atoms with E-state index in [1.165, 1.54) is 20.9 Å². The second-order valence-electron chi connectivity index (χ2n) is 7.66. The lowest BCUT2D eigenvalue weighted by molar-refractivity contribution is -0.917. The molecule has 1 aliphatic rings. The van der Waals surface area contributed by atoms with Crippen LogP contribution in [0.25, 0.3) is 0 Å². The van der Waals surface area contributed by atoms with Crippen LogP contribution in [0.2, 0.25) is 0 Å². The fourth-order valence-electron chi connectivity index (χ4n) is 3.66. The van der Waals surface area contributed by atoms with Gasteiger partial charge in [-0.2, -0.15) is 0 Å². The maximum atomic E-state index is 6.02. The SMILES string of the molecule is c1ccc(C[NH+]2CCOCCOCC[NH+](Cc3ccccc3)CCOCC2)cc1. The molecule has 0 aliphatic carbocycles. The summed E-state index contributed by atoms with van der Waals surface area (Å²) in [7, 11) is 0. The molecule has 2 unspecified atom stereocenters. The summed E-state index contributed by atoms with van der Waals surface area (Å²) in [6, 6.07) is 21.4. The Kier molecular flexibility index (Phi) is 10.2. The van der Waals surface area contributed by atoms with E-state index in [4.69, 9.17) is 14.2 Å². The summed E-state index contributed by atoms with van der Waals surface area (Å²) in [5, 5.41) is 0. The van der Waals surface area contributed by atoms with Crippen LogP contribution < -0.4 is 9.80 Å². The molecule has 0 radical (unpaired) electrons. The van der Waals surface area contributed by atoms with Gasteiger partial charge in [-0.3, -0.25) is 0 Å². The number of quaternary nitrogens is 2. The molecule has 2 N–H and O–H groups in total. The molecule has 5 heteroatoms. The van der Waals surface area contributed by atoms with Gasteiger partial charge in [-0.05, 0) is 0 Å². The standard InChI is InChI=1S/C24H34N2O3/c1-3-7-23(8-4-1)21-25-11-15-27-16-12-26(22-24-9-5-2-6-10-24)14-18-29-20-19-28-17-13-25/h1-10H,11-22H2/p+2. The number of hydrogen-bond acceptors (Lipinski definition) is 3. The van der Waals surface area contributed by atoms with Crippen molar-refractivity contribution in [2.45, 2.75) is 13.1 Å². The number of ether oxygens (including phenoxy) is 3. The molecule has 0 aromatic heterocycles. The summed E-state index contributed by atoms with van der Waals surface area (Å²) >= 11 is 0. The Morgan fingerprint density at radius 1 is 0.483 bits per heavy atom. The number of nitrogens with one attached hydrogen (secondary N) is 2. The van der Waals surface area contributed by atoms with Crippen LogP contribution in [0.5, 0.6) is 0 Å². The molecule has 3 rings (SSSR count). The maximum absolute atomic E-state index is 6.02. The van der Waals surface area contributed by atoms with Crippen LogP contribution in [0.1, 0.15) is 11.1 Å². The minimum absolute atomic E-state index is 0.670. The van der Waals surface area contributed by atoms with Gasteiger partial charge in [0, 0.05) is 11.1 Å². The highest BCUT2D eigenvalue weighted by atomic mass is 16.5. The third-order valence-corrected chi connectivity index (χ3v) is 5.37. The molecule has 5 nitrogen and oxygen atoms in total. The summed E-state index contributed by atoms with van der Waals surface area (Å²) in [5.41, 5.74) is 2.73. The molecule has 1 heterocycles. The summed E-state index contributed by atoms with van der Waals surface area (Å²) in [6.07, 6.45) is 0. The van der Waals surface area contributed by atoms with E-state index in [0.717, 1.165) is 65.7 Å². The van der Waals surface area contributed by atoms with Gasteiger partial charge in [0.05, 0.1) is 39.6 Å². The topological polar surface area (TPSA) is 36.6 Å². The third kappa shape index (κ3) is 9.07. The molecular weight excluding hydrogens is 364 g/mol. The Hall–Kier alpha value is -1.76. The molecule has 1 aliphatic heterocycles. The predicted octanol–water partition coefficient (Wildman–Crippen LogP) is 0.220. The minimum Gasteiger partial charge on any atom is -0.373 e. The Balaban J connectivity index is 1.49. The Morgan fingerprint density at radius 3 is 1.21 bits per heavy atom. The van der Waals surface area contributed by atoms with Gasteiger partial charge in [0.25, 0.3) is 0 Å². The van der Waals surface area contributed by atoms with Gasteiger partial charge < -0.3 is 24.0 Å². The quantitative estimate of drug-likeness (QED) is 0.771. The normalized spacial score (nSPS) is 23.0. The van der Waals surface area contributed by atoms with Gasteiger partial charge >= 0.3 is 0 Å². The molecule has 1 fully saturated rings. The molecule has 29 heavy (non-hydrogen) atoms. The van der Waals surface area contributed by atoms with Gasteiger partial charge in [0.15, 0.2) is 0 Å². The van der Waals surface area contributed by atoms with E-state index in [9.17, 15) is 0 Å². The Labute approximate surface area is 175 Å². The van der Waals surface area contributed by atoms with E-state index < -0.39 is 0 Å². The lowest BCUT2D eigenvalue weighted by Crippen LogP contribution is -3.12. The van der Waals surface area contributed by atoms with E-state index in [-0.39, 0.29) is 0 Å². The molecule has 0 saturated carbocycles. The van der Waals surface area contributed by atoms with Crippen LogP contribution in [0, 0.1) is 0 Å². The molecule has 2 aromatic rings. The second kappa shape index (κ2) is 13.5. The van der Waals surface area contributed by atoms with Crippen molar-refractivity contribution in [3.05, 3.63) is 71.8 Å². The molecule has 2 aromatic carbocycles. The fourth-order valence-corrected chi connectivity index (χ4v) is 3.66. The van der Waals surface area contributed by atoms with Crippen molar-refractivity contribution in [2.75, 3.05) is 65.8 Å². The van der Waals surface area contributed by atoms with Gasteiger partial charge in [-0.25, -0.2) is 0 Å². The van der Waals surface area contributed by atoms with Crippen LogP contribution in [0.4, 0.5) is 0 Å². The van der Waals surface area contributed by atoms with Crippen molar-refractivity contribution in [3.8, 4) is 0 Å². The predicted molar refractivity (Wildman–Crippen MR) is 114 cm³/mol. The third-order valence-electron chi connectivity index (χ3n) is 5.37. The van der Waals surface area contributed by atoms with Crippen LogP contribution in [0.15, 0.2) is 60.7 Å². The molecule has 1 saturated heterocycles. The zero-order valence-corrected chi connectivity index (χ0v) is 17.5. The minimum atomic E-state index is 0.670. The largest absolute Gasteiger partial charge is 0.373 e. The highest BCUT2D eigenvalue weighted by Gasteiger charge is 2.13. The lowest BCUT2D eigenvalue weighted by atomic mass is 10.2. The molecule has 0 bridgehead atoms. The first-order chi connectivity index (χ1) is 14.4. The second-order valence-corrected chi connectivity index (χ2v) is 7.66. The van der Waals surface area contributed by atoms with E-state index in [1.54, 1.807) is 0 Å². The highest BCUT2D eigenvalue weighted by molar-refractivity contribution is 5.13. The van der Waals surface area contributed by atoms with Gasteiger partial charge in [-0.1, -0.05) is 60.7 Å². The van der Waals surface area contributed by atoms with Crippen LogP contribution in [-0.2, 0) is 27.3 Å². The van der Waals surface area contributed by atoms with Crippen molar-refractivity contribution < 1.29 is 24.0 Å². The summed E-state index contributed by atoms with van der Waals surface area (Å²) < 4.78 is 17.6. The van der Waals surface area contributed by atoms with Crippen LogP contribution >= 0.6 is 0 Å². The maximum Gasteiger partial charge on any atom is 0.103 e. The average Bonchev–Trinajstić information content (AvgIpc) is 2.76. The first-order valence-electron chi connectivity index (χ1n) is 10.9. The monoisotopic (exact) mass is 400 g/mol. The van der Waals surface area contributed by atoms with Gasteiger partial charge in [0.1, 0.15) is 39.3 Å².